The van der Waals surface area contributed by atoms with E-state index in [1.807, 2.05) is 0 Å². The number of hydrogen-bond donors (Lipinski definition) is 0. The fourth-order valence-electron chi connectivity index (χ4n) is 1.38. The summed E-state index contributed by atoms with van der Waals surface area (Å²) in [6.07, 6.45) is 0.909. The zero-order valence-electron chi connectivity index (χ0n) is 8.87. The predicted molar refractivity (Wildman–Crippen MR) is 58.1 cm³/mol. The third-order valence-electron chi connectivity index (χ3n) is 2.23. The lowest BCUT2D eigenvalue weighted by Gasteiger charge is -2.09. The standard InChI is InChI=1S/C10H12FNO2Si/c1-15(2,3)10-5-8-9(14-10)4-7(11)6-12(8)13/h4-6H,1-3H3. The lowest BCUT2D eigenvalue weighted by Crippen LogP contribution is -2.36. The fraction of sp³-hybridized carbons (Fsp3) is 0.300. The van der Waals surface area contributed by atoms with Crippen molar-refractivity contribution >= 4 is 24.6 Å². The van der Waals surface area contributed by atoms with E-state index in [0.717, 1.165) is 11.6 Å². The fourth-order valence-corrected chi connectivity index (χ4v) is 2.37. The Morgan fingerprint density at radius 2 is 2.00 bits per heavy atom. The van der Waals surface area contributed by atoms with Crippen LogP contribution in [0.25, 0.3) is 11.1 Å². The van der Waals surface area contributed by atoms with Crippen molar-refractivity contribution in [3.05, 3.63) is 29.4 Å². The van der Waals surface area contributed by atoms with Gasteiger partial charge in [-0.25, -0.2) is 4.39 Å². The largest absolute Gasteiger partial charge is 0.618 e. The van der Waals surface area contributed by atoms with E-state index in [2.05, 4.69) is 19.6 Å². The van der Waals surface area contributed by atoms with Crippen LogP contribution in [0.1, 0.15) is 0 Å². The van der Waals surface area contributed by atoms with Gasteiger partial charge in [0.2, 0.25) is 11.8 Å². The summed E-state index contributed by atoms with van der Waals surface area (Å²) in [7, 11) is -1.60. The molecule has 0 amide bonds. The number of pyridine rings is 1. The van der Waals surface area contributed by atoms with Crippen molar-refractivity contribution in [2.45, 2.75) is 19.6 Å². The summed E-state index contributed by atoms with van der Waals surface area (Å²) in [4.78, 5) is 0. The molecule has 15 heavy (non-hydrogen) atoms. The maximum Gasteiger partial charge on any atom is 0.262 e. The van der Waals surface area contributed by atoms with Crippen LogP contribution in [0.2, 0.25) is 19.6 Å². The summed E-state index contributed by atoms with van der Waals surface area (Å²) >= 11 is 0. The van der Waals surface area contributed by atoms with Crippen molar-refractivity contribution in [1.82, 2.24) is 0 Å². The van der Waals surface area contributed by atoms with Crippen LogP contribution >= 0.6 is 0 Å². The van der Waals surface area contributed by atoms with E-state index >= 15 is 0 Å². The third-order valence-corrected chi connectivity index (χ3v) is 3.95. The minimum Gasteiger partial charge on any atom is -0.618 e. The zero-order chi connectivity index (χ0) is 11.2. The molecule has 0 bridgehead atoms. The maximum absolute atomic E-state index is 12.9. The van der Waals surface area contributed by atoms with Crippen LogP contribution in [-0.4, -0.2) is 8.07 Å². The Hall–Kier alpha value is -1.36. The van der Waals surface area contributed by atoms with Crippen LogP contribution < -0.4 is 10.1 Å². The molecule has 0 aromatic carbocycles. The average molecular weight is 225 g/mol. The van der Waals surface area contributed by atoms with E-state index in [-0.39, 0.29) is 0 Å². The van der Waals surface area contributed by atoms with Gasteiger partial charge in [0.1, 0.15) is 8.07 Å². The van der Waals surface area contributed by atoms with Gasteiger partial charge in [-0.05, 0) is 0 Å². The molecule has 0 saturated carbocycles. The smallest absolute Gasteiger partial charge is 0.262 e. The van der Waals surface area contributed by atoms with E-state index in [1.54, 1.807) is 6.07 Å². The molecule has 0 aliphatic rings. The molecule has 0 aliphatic heterocycles. The van der Waals surface area contributed by atoms with Crippen LogP contribution in [0.15, 0.2) is 22.7 Å². The minimum atomic E-state index is -1.60. The highest BCUT2D eigenvalue weighted by molar-refractivity contribution is 6.87. The van der Waals surface area contributed by atoms with Crippen LogP contribution in [0.3, 0.4) is 0 Å². The first-order chi connectivity index (χ1) is 6.88. The topological polar surface area (TPSA) is 40.1 Å². The van der Waals surface area contributed by atoms with Gasteiger partial charge in [0.25, 0.3) is 5.52 Å². The van der Waals surface area contributed by atoms with Gasteiger partial charge in [-0.2, -0.15) is 4.73 Å². The second kappa shape index (κ2) is 3.06. The predicted octanol–water partition coefficient (Wildman–Crippen LogP) is 1.75. The number of furan rings is 1. The highest BCUT2D eigenvalue weighted by Crippen LogP contribution is 2.14. The SMILES string of the molecule is C[Si](C)(C)c1cc2c(cc(F)c[n+]2[O-])o1. The summed E-state index contributed by atoms with van der Waals surface area (Å²) in [5.41, 5.74) is 0.719. The van der Waals surface area contributed by atoms with Crippen molar-refractivity contribution in [3.8, 4) is 0 Å². The van der Waals surface area contributed by atoms with Crippen molar-refractivity contribution in [3.63, 3.8) is 0 Å². The second-order valence-electron chi connectivity index (χ2n) is 4.59. The van der Waals surface area contributed by atoms with Gasteiger partial charge in [0.05, 0.1) is 5.38 Å². The molecule has 0 aliphatic carbocycles. The monoisotopic (exact) mass is 225 g/mol. The first-order valence-electron chi connectivity index (χ1n) is 4.70. The molecule has 5 heteroatoms. The highest BCUT2D eigenvalue weighted by atomic mass is 28.3. The van der Waals surface area contributed by atoms with Gasteiger partial charge >= 0.3 is 0 Å². The first-order valence-corrected chi connectivity index (χ1v) is 8.20. The van der Waals surface area contributed by atoms with Gasteiger partial charge < -0.3 is 9.62 Å². The van der Waals surface area contributed by atoms with Gasteiger partial charge in [0, 0.05) is 12.1 Å². The number of halogens is 1. The molecule has 2 heterocycles. The summed E-state index contributed by atoms with van der Waals surface area (Å²) in [5.74, 6) is -0.575. The van der Waals surface area contributed by atoms with Crippen LogP contribution in [0.5, 0.6) is 0 Å². The molecule has 0 saturated heterocycles. The van der Waals surface area contributed by atoms with Crippen molar-refractivity contribution in [2.75, 3.05) is 0 Å². The lowest BCUT2D eigenvalue weighted by molar-refractivity contribution is -0.578. The number of nitrogens with zero attached hydrogens (tertiary/aromatic N) is 1. The van der Waals surface area contributed by atoms with Gasteiger partial charge in [-0.15, -0.1) is 0 Å². The van der Waals surface area contributed by atoms with Crippen molar-refractivity contribution < 1.29 is 13.5 Å². The Labute approximate surface area is 87.7 Å². The minimum absolute atomic E-state index is 0.322. The maximum atomic E-state index is 12.9. The summed E-state index contributed by atoms with van der Waals surface area (Å²) in [6.45, 7) is 6.32. The van der Waals surface area contributed by atoms with Crippen LogP contribution in [-0.2, 0) is 0 Å². The van der Waals surface area contributed by atoms with E-state index in [4.69, 9.17) is 4.42 Å². The van der Waals surface area contributed by atoms with E-state index in [1.165, 1.54) is 6.07 Å². The van der Waals surface area contributed by atoms with Crippen LogP contribution in [0, 0.1) is 11.0 Å². The Bertz CT molecular complexity index is 516. The normalized spacial score (nSPS) is 12.3. The Kier molecular flexibility index (Phi) is 2.08. The third kappa shape index (κ3) is 1.74. The van der Waals surface area contributed by atoms with Crippen LogP contribution in [0.4, 0.5) is 4.39 Å². The molecule has 2 aromatic rings. The molecular weight excluding hydrogens is 213 g/mol. The van der Waals surface area contributed by atoms with E-state index in [9.17, 15) is 9.60 Å². The van der Waals surface area contributed by atoms with E-state index < -0.39 is 13.9 Å². The molecular formula is C10H12FNO2Si. The van der Waals surface area contributed by atoms with Crippen molar-refractivity contribution in [2.24, 2.45) is 0 Å². The van der Waals surface area contributed by atoms with Gasteiger partial charge in [0.15, 0.2) is 5.82 Å². The molecule has 80 valence electrons. The molecule has 0 unspecified atom stereocenters. The van der Waals surface area contributed by atoms with E-state index in [0.29, 0.717) is 15.8 Å². The quantitative estimate of drug-likeness (QED) is 0.421. The van der Waals surface area contributed by atoms with Gasteiger partial charge in [-0.3, -0.25) is 0 Å². The molecule has 3 nitrogen and oxygen atoms in total. The first kappa shape index (κ1) is 10.2. The Morgan fingerprint density at radius 3 is 2.60 bits per heavy atom. The Morgan fingerprint density at radius 1 is 1.33 bits per heavy atom. The average Bonchev–Trinajstić information content (AvgIpc) is 2.46. The molecule has 0 spiro atoms. The second-order valence-corrected chi connectivity index (χ2v) is 9.59. The molecule has 2 aromatic heterocycles. The summed E-state index contributed by atoms with van der Waals surface area (Å²) < 4.78 is 18.9. The number of rotatable bonds is 1. The summed E-state index contributed by atoms with van der Waals surface area (Å²) in [5, 5.41) is 12.2. The highest BCUT2D eigenvalue weighted by Gasteiger charge is 2.24. The number of aromatic nitrogens is 1. The number of fused-ring (bicyclic) bond motifs is 1. The van der Waals surface area contributed by atoms with Gasteiger partial charge in [-0.1, -0.05) is 19.6 Å². The lowest BCUT2D eigenvalue weighted by atomic mass is 10.4. The van der Waals surface area contributed by atoms with Crippen molar-refractivity contribution in [1.29, 1.82) is 0 Å². The molecule has 2 rings (SSSR count). The Balaban J connectivity index is 2.71. The molecule has 0 atom stereocenters. The number of hydrogen-bond acceptors (Lipinski definition) is 2. The molecule has 0 fully saturated rings. The summed E-state index contributed by atoms with van der Waals surface area (Å²) in [6, 6.07) is 2.96. The molecule has 0 radical (unpaired) electrons. The zero-order valence-corrected chi connectivity index (χ0v) is 9.87. The molecule has 0 N–H and O–H groups in total.